The van der Waals surface area contributed by atoms with Gasteiger partial charge in [-0.05, 0) is 24.1 Å². The second kappa shape index (κ2) is 5.64. The number of alkyl halides is 1. The SMILES string of the molecule is COc1cccc(OC)c1C(F)c1cccc2c1NCC2. The number of para-hydroxylation sites is 1. The van der Waals surface area contributed by atoms with Crippen molar-refractivity contribution in [3.63, 3.8) is 0 Å². The van der Waals surface area contributed by atoms with E-state index in [-0.39, 0.29) is 0 Å². The van der Waals surface area contributed by atoms with Crippen molar-refractivity contribution in [3.05, 3.63) is 53.1 Å². The molecule has 0 saturated carbocycles. The number of fused-ring (bicyclic) bond motifs is 1. The van der Waals surface area contributed by atoms with Crippen LogP contribution in [0.5, 0.6) is 11.5 Å². The van der Waals surface area contributed by atoms with E-state index in [1.165, 1.54) is 0 Å². The molecule has 0 spiro atoms. The lowest BCUT2D eigenvalue weighted by Crippen LogP contribution is -2.04. The average molecular weight is 287 g/mol. The van der Waals surface area contributed by atoms with E-state index in [2.05, 4.69) is 5.32 Å². The average Bonchev–Trinajstić information content (AvgIpc) is 3.01. The molecule has 1 N–H and O–H groups in total. The highest BCUT2D eigenvalue weighted by atomic mass is 19.1. The highest BCUT2D eigenvalue weighted by molar-refractivity contribution is 5.64. The van der Waals surface area contributed by atoms with E-state index in [4.69, 9.17) is 9.47 Å². The third kappa shape index (κ3) is 2.31. The molecule has 1 aliphatic heterocycles. The number of methoxy groups -OCH3 is 2. The van der Waals surface area contributed by atoms with E-state index in [1.54, 1.807) is 32.4 Å². The zero-order valence-electron chi connectivity index (χ0n) is 12.2. The highest BCUT2D eigenvalue weighted by Crippen LogP contribution is 2.43. The summed E-state index contributed by atoms with van der Waals surface area (Å²) in [5.41, 5.74) is 3.12. The predicted octanol–water partition coefficient (Wildman–Crippen LogP) is 3.73. The van der Waals surface area contributed by atoms with Gasteiger partial charge in [0, 0.05) is 17.8 Å². The minimum absolute atomic E-state index is 0.435. The highest BCUT2D eigenvalue weighted by Gasteiger charge is 2.26. The summed E-state index contributed by atoms with van der Waals surface area (Å²) in [6.07, 6.45) is -0.365. The van der Waals surface area contributed by atoms with Crippen molar-refractivity contribution in [2.75, 3.05) is 26.1 Å². The van der Waals surface area contributed by atoms with E-state index in [1.807, 2.05) is 18.2 Å². The molecule has 0 radical (unpaired) electrons. The number of ether oxygens (including phenoxy) is 2. The van der Waals surface area contributed by atoms with E-state index in [9.17, 15) is 0 Å². The van der Waals surface area contributed by atoms with Gasteiger partial charge in [0.05, 0.1) is 19.8 Å². The second-order valence-electron chi connectivity index (χ2n) is 5.00. The Balaban J connectivity index is 2.11. The van der Waals surface area contributed by atoms with Crippen molar-refractivity contribution in [2.24, 2.45) is 0 Å². The molecule has 1 unspecified atom stereocenters. The van der Waals surface area contributed by atoms with E-state index < -0.39 is 6.17 Å². The molecule has 3 rings (SSSR count). The summed E-state index contributed by atoms with van der Waals surface area (Å²) in [6.45, 7) is 0.849. The summed E-state index contributed by atoms with van der Waals surface area (Å²) in [4.78, 5) is 0. The molecule has 110 valence electrons. The van der Waals surface area contributed by atoms with Crippen LogP contribution in [0.3, 0.4) is 0 Å². The first-order valence-electron chi connectivity index (χ1n) is 6.97. The van der Waals surface area contributed by atoms with Gasteiger partial charge in [0.15, 0.2) is 6.17 Å². The Labute approximate surface area is 123 Å². The van der Waals surface area contributed by atoms with Crippen molar-refractivity contribution in [1.29, 1.82) is 0 Å². The Morgan fingerprint density at radius 3 is 2.38 bits per heavy atom. The van der Waals surface area contributed by atoms with Gasteiger partial charge in [0.1, 0.15) is 11.5 Å². The van der Waals surface area contributed by atoms with Crippen LogP contribution in [-0.2, 0) is 6.42 Å². The van der Waals surface area contributed by atoms with Crippen LogP contribution in [-0.4, -0.2) is 20.8 Å². The number of benzene rings is 2. The van der Waals surface area contributed by atoms with Gasteiger partial charge in [-0.1, -0.05) is 24.3 Å². The normalized spacial score (nSPS) is 14.2. The molecule has 0 bridgehead atoms. The Kier molecular flexibility index (Phi) is 3.69. The van der Waals surface area contributed by atoms with Crippen LogP contribution in [0.2, 0.25) is 0 Å². The van der Waals surface area contributed by atoms with Gasteiger partial charge in [-0.15, -0.1) is 0 Å². The summed E-state index contributed by atoms with van der Waals surface area (Å²) in [7, 11) is 3.08. The van der Waals surface area contributed by atoms with Gasteiger partial charge >= 0.3 is 0 Å². The first-order valence-corrected chi connectivity index (χ1v) is 6.97. The summed E-state index contributed by atoms with van der Waals surface area (Å²) in [5, 5.41) is 3.27. The van der Waals surface area contributed by atoms with Gasteiger partial charge in [-0.3, -0.25) is 0 Å². The van der Waals surface area contributed by atoms with Crippen LogP contribution >= 0.6 is 0 Å². The lowest BCUT2D eigenvalue weighted by molar-refractivity contribution is 0.339. The Hall–Kier alpha value is -2.23. The number of nitrogens with one attached hydrogen (secondary N) is 1. The maximum Gasteiger partial charge on any atom is 0.159 e. The van der Waals surface area contributed by atoms with Crippen molar-refractivity contribution < 1.29 is 13.9 Å². The van der Waals surface area contributed by atoms with Gasteiger partial charge < -0.3 is 14.8 Å². The van der Waals surface area contributed by atoms with Crippen LogP contribution in [0.15, 0.2) is 36.4 Å². The third-order valence-electron chi connectivity index (χ3n) is 3.87. The summed E-state index contributed by atoms with van der Waals surface area (Å²) >= 11 is 0. The van der Waals surface area contributed by atoms with E-state index >= 15 is 4.39 Å². The van der Waals surface area contributed by atoms with Crippen LogP contribution < -0.4 is 14.8 Å². The quantitative estimate of drug-likeness (QED) is 0.929. The minimum Gasteiger partial charge on any atom is -0.496 e. The summed E-state index contributed by atoms with van der Waals surface area (Å²) in [5.74, 6) is 0.995. The lowest BCUT2D eigenvalue weighted by Gasteiger charge is -2.19. The Morgan fingerprint density at radius 1 is 1.05 bits per heavy atom. The standard InChI is InChI=1S/C17H18FNO2/c1-20-13-7-4-8-14(21-2)15(13)16(18)12-6-3-5-11-9-10-19-17(11)12/h3-8,16,19H,9-10H2,1-2H3. The van der Waals surface area contributed by atoms with Crippen LogP contribution in [0.1, 0.15) is 22.9 Å². The topological polar surface area (TPSA) is 30.5 Å². The van der Waals surface area contributed by atoms with Crippen molar-refractivity contribution in [1.82, 2.24) is 0 Å². The predicted molar refractivity (Wildman–Crippen MR) is 81.1 cm³/mol. The van der Waals surface area contributed by atoms with Crippen molar-refractivity contribution in [3.8, 4) is 11.5 Å². The number of rotatable bonds is 4. The molecule has 4 heteroatoms. The van der Waals surface area contributed by atoms with Crippen LogP contribution in [0, 0.1) is 0 Å². The molecule has 21 heavy (non-hydrogen) atoms. The largest absolute Gasteiger partial charge is 0.496 e. The van der Waals surface area contributed by atoms with Gasteiger partial charge in [0.25, 0.3) is 0 Å². The summed E-state index contributed by atoms with van der Waals surface area (Å²) in [6, 6.07) is 11.0. The van der Waals surface area contributed by atoms with Crippen LogP contribution in [0.25, 0.3) is 0 Å². The molecule has 0 aliphatic carbocycles. The molecule has 2 aromatic carbocycles. The molecule has 0 amide bonds. The fourth-order valence-electron chi connectivity index (χ4n) is 2.86. The Morgan fingerprint density at radius 2 is 1.71 bits per heavy atom. The first kappa shape index (κ1) is 13.7. The number of hydrogen-bond donors (Lipinski definition) is 1. The van der Waals surface area contributed by atoms with Gasteiger partial charge in [-0.25, -0.2) is 4.39 Å². The molecule has 0 aromatic heterocycles. The lowest BCUT2D eigenvalue weighted by atomic mass is 9.97. The maximum atomic E-state index is 15.2. The molecule has 1 aliphatic rings. The fraction of sp³-hybridized carbons (Fsp3) is 0.294. The van der Waals surface area contributed by atoms with E-state index in [0.29, 0.717) is 22.6 Å². The monoisotopic (exact) mass is 287 g/mol. The van der Waals surface area contributed by atoms with Crippen molar-refractivity contribution >= 4 is 5.69 Å². The summed E-state index contributed by atoms with van der Waals surface area (Å²) < 4.78 is 25.8. The molecule has 3 nitrogen and oxygen atoms in total. The Bertz CT molecular complexity index is 635. The van der Waals surface area contributed by atoms with Crippen LogP contribution in [0.4, 0.5) is 10.1 Å². The first-order chi connectivity index (χ1) is 10.3. The number of hydrogen-bond acceptors (Lipinski definition) is 3. The zero-order valence-corrected chi connectivity index (χ0v) is 12.2. The minimum atomic E-state index is -1.29. The van der Waals surface area contributed by atoms with E-state index in [0.717, 1.165) is 24.2 Å². The maximum absolute atomic E-state index is 15.2. The van der Waals surface area contributed by atoms with Crippen molar-refractivity contribution in [2.45, 2.75) is 12.6 Å². The fourth-order valence-corrected chi connectivity index (χ4v) is 2.86. The second-order valence-corrected chi connectivity index (χ2v) is 5.00. The zero-order chi connectivity index (χ0) is 14.8. The molecule has 0 saturated heterocycles. The van der Waals surface area contributed by atoms with Gasteiger partial charge in [0.2, 0.25) is 0 Å². The molecule has 1 atom stereocenters. The molecule has 1 heterocycles. The number of halogens is 1. The molecular formula is C17H18FNO2. The smallest absolute Gasteiger partial charge is 0.159 e. The van der Waals surface area contributed by atoms with Gasteiger partial charge in [-0.2, -0.15) is 0 Å². The molecule has 2 aromatic rings. The molecular weight excluding hydrogens is 269 g/mol. The number of anilines is 1. The molecule has 0 fully saturated rings. The third-order valence-corrected chi connectivity index (χ3v) is 3.87.